The number of aryl methyl sites for hydroxylation is 1. The number of hydrogen-bond acceptors (Lipinski definition) is 5. The molecule has 0 radical (unpaired) electrons. The summed E-state index contributed by atoms with van der Waals surface area (Å²) in [6.45, 7) is 3.27. The van der Waals surface area contributed by atoms with Gasteiger partial charge in [0.2, 0.25) is 5.76 Å². The van der Waals surface area contributed by atoms with Crippen LogP contribution in [0.3, 0.4) is 0 Å². The number of hydrogen-bond donors (Lipinski definition) is 1. The zero-order chi connectivity index (χ0) is 18.7. The maximum absolute atomic E-state index is 12.4. The van der Waals surface area contributed by atoms with Crippen molar-refractivity contribution in [2.45, 2.75) is 20.0 Å². The monoisotopic (exact) mass is 353 g/mol. The lowest BCUT2D eigenvalue weighted by molar-refractivity contribution is -0.123. The minimum atomic E-state index is -0.968. The van der Waals surface area contributed by atoms with Gasteiger partial charge in [-0.05, 0) is 44.2 Å². The minimum Gasteiger partial charge on any atom is -0.497 e. The first-order valence-electron chi connectivity index (χ1n) is 8.13. The van der Waals surface area contributed by atoms with E-state index in [9.17, 15) is 9.59 Å². The van der Waals surface area contributed by atoms with E-state index in [1.807, 2.05) is 6.07 Å². The predicted molar refractivity (Wildman–Crippen MR) is 97.5 cm³/mol. The number of esters is 1. The summed E-state index contributed by atoms with van der Waals surface area (Å²) in [5, 5.41) is 3.45. The molecule has 0 aliphatic rings. The number of ether oxygens (including phenoxy) is 2. The zero-order valence-corrected chi connectivity index (χ0v) is 14.7. The molecule has 1 unspecified atom stereocenters. The number of methoxy groups -OCH3 is 1. The van der Waals surface area contributed by atoms with E-state index in [0.29, 0.717) is 22.6 Å². The van der Waals surface area contributed by atoms with Gasteiger partial charge in [-0.15, -0.1) is 0 Å². The number of benzene rings is 2. The molecule has 0 saturated carbocycles. The third-order valence-corrected chi connectivity index (χ3v) is 4.02. The summed E-state index contributed by atoms with van der Waals surface area (Å²) in [5.41, 5.74) is 1.82. The van der Waals surface area contributed by atoms with Crippen molar-refractivity contribution in [3.05, 3.63) is 59.9 Å². The van der Waals surface area contributed by atoms with E-state index < -0.39 is 18.0 Å². The fourth-order valence-electron chi connectivity index (χ4n) is 2.55. The molecule has 134 valence electrons. The van der Waals surface area contributed by atoms with E-state index in [4.69, 9.17) is 13.9 Å². The molecular formula is C20H19NO5. The van der Waals surface area contributed by atoms with Crippen LogP contribution >= 0.6 is 0 Å². The normalized spacial score (nSPS) is 11.8. The molecule has 1 aromatic heterocycles. The van der Waals surface area contributed by atoms with Crippen molar-refractivity contribution in [2.75, 3.05) is 12.4 Å². The van der Waals surface area contributed by atoms with E-state index >= 15 is 0 Å². The molecule has 0 aliphatic heterocycles. The topological polar surface area (TPSA) is 77.8 Å². The second-order valence-electron chi connectivity index (χ2n) is 5.82. The van der Waals surface area contributed by atoms with Crippen LogP contribution in [-0.2, 0) is 9.53 Å². The summed E-state index contributed by atoms with van der Waals surface area (Å²) in [6.07, 6.45) is -0.968. The highest BCUT2D eigenvalue weighted by Gasteiger charge is 2.24. The Hall–Kier alpha value is -3.28. The quantitative estimate of drug-likeness (QED) is 0.703. The Balaban J connectivity index is 1.74. The molecule has 1 amide bonds. The van der Waals surface area contributed by atoms with Crippen molar-refractivity contribution in [3.8, 4) is 5.75 Å². The number of rotatable bonds is 5. The van der Waals surface area contributed by atoms with Crippen LogP contribution in [0.1, 0.15) is 23.0 Å². The molecule has 0 spiro atoms. The summed E-state index contributed by atoms with van der Waals surface area (Å²) >= 11 is 0. The molecule has 0 fully saturated rings. The van der Waals surface area contributed by atoms with E-state index in [2.05, 4.69) is 5.32 Å². The molecule has 6 nitrogen and oxygen atoms in total. The molecule has 1 heterocycles. The molecule has 1 atom stereocenters. The van der Waals surface area contributed by atoms with Crippen molar-refractivity contribution >= 4 is 28.5 Å². The molecule has 6 heteroatoms. The Bertz CT molecular complexity index is 945. The fraction of sp³-hybridized carbons (Fsp3) is 0.200. The number of furan rings is 1. The van der Waals surface area contributed by atoms with E-state index in [-0.39, 0.29) is 5.76 Å². The number of carbonyl (C=O) groups is 2. The Labute approximate surface area is 150 Å². The first-order chi connectivity index (χ1) is 12.5. The summed E-state index contributed by atoms with van der Waals surface area (Å²) in [7, 11) is 1.57. The number of fused-ring (bicyclic) bond motifs is 1. The van der Waals surface area contributed by atoms with E-state index in [1.165, 1.54) is 6.92 Å². The van der Waals surface area contributed by atoms with Crippen molar-refractivity contribution < 1.29 is 23.5 Å². The number of anilines is 1. The van der Waals surface area contributed by atoms with Gasteiger partial charge in [-0.3, -0.25) is 4.79 Å². The summed E-state index contributed by atoms with van der Waals surface area (Å²) in [4.78, 5) is 24.6. The Kier molecular flexibility index (Phi) is 4.93. The minimum absolute atomic E-state index is 0.0765. The van der Waals surface area contributed by atoms with Crippen LogP contribution in [0, 0.1) is 6.92 Å². The van der Waals surface area contributed by atoms with Gasteiger partial charge < -0.3 is 19.2 Å². The Morgan fingerprint density at radius 2 is 1.85 bits per heavy atom. The maximum atomic E-state index is 12.4. The predicted octanol–water partition coefficient (Wildman–Crippen LogP) is 3.93. The highest BCUT2D eigenvalue weighted by Crippen LogP contribution is 2.29. The lowest BCUT2D eigenvalue weighted by Gasteiger charge is -2.12. The summed E-state index contributed by atoms with van der Waals surface area (Å²) < 4.78 is 16.0. The number of amides is 1. The van der Waals surface area contributed by atoms with Crippen molar-refractivity contribution in [1.29, 1.82) is 0 Å². The van der Waals surface area contributed by atoms with E-state index in [0.717, 1.165) is 5.39 Å². The average Bonchev–Trinajstić information content (AvgIpc) is 2.98. The van der Waals surface area contributed by atoms with Gasteiger partial charge in [0.1, 0.15) is 11.3 Å². The SMILES string of the molecule is COc1ccc2oc(C(=O)OC(C)C(=O)Nc3ccccc3)c(C)c2c1. The zero-order valence-electron chi connectivity index (χ0n) is 14.7. The standard InChI is InChI=1S/C20H19NO5/c1-12-16-11-15(24-3)9-10-17(16)26-18(12)20(23)25-13(2)19(22)21-14-7-5-4-6-8-14/h4-11,13H,1-3H3,(H,21,22). The van der Waals surface area contributed by atoms with Gasteiger partial charge in [-0.25, -0.2) is 4.79 Å². The molecule has 2 aromatic carbocycles. The molecule has 3 rings (SSSR count). The highest BCUT2D eigenvalue weighted by atomic mass is 16.6. The van der Waals surface area contributed by atoms with Crippen molar-refractivity contribution in [1.82, 2.24) is 0 Å². The van der Waals surface area contributed by atoms with Crippen LogP contribution in [0.4, 0.5) is 5.69 Å². The third-order valence-electron chi connectivity index (χ3n) is 4.02. The Morgan fingerprint density at radius 1 is 1.12 bits per heavy atom. The molecular weight excluding hydrogens is 334 g/mol. The van der Waals surface area contributed by atoms with E-state index in [1.54, 1.807) is 56.5 Å². The first kappa shape index (κ1) is 17.5. The van der Waals surface area contributed by atoms with Gasteiger partial charge in [0, 0.05) is 16.6 Å². The second kappa shape index (κ2) is 7.31. The smallest absolute Gasteiger partial charge is 0.375 e. The van der Waals surface area contributed by atoms with Crippen LogP contribution in [0.15, 0.2) is 52.9 Å². The third kappa shape index (κ3) is 3.54. The highest BCUT2D eigenvalue weighted by molar-refractivity contribution is 5.99. The molecule has 1 N–H and O–H groups in total. The van der Waals surface area contributed by atoms with Gasteiger partial charge >= 0.3 is 5.97 Å². The van der Waals surface area contributed by atoms with Crippen LogP contribution in [-0.4, -0.2) is 25.1 Å². The van der Waals surface area contributed by atoms with Gasteiger partial charge in [0.15, 0.2) is 6.10 Å². The van der Waals surface area contributed by atoms with Gasteiger partial charge in [-0.2, -0.15) is 0 Å². The first-order valence-corrected chi connectivity index (χ1v) is 8.13. The van der Waals surface area contributed by atoms with Gasteiger partial charge in [-0.1, -0.05) is 18.2 Å². The molecule has 0 bridgehead atoms. The molecule has 3 aromatic rings. The van der Waals surface area contributed by atoms with Crippen LogP contribution in [0.2, 0.25) is 0 Å². The molecule has 26 heavy (non-hydrogen) atoms. The Morgan fingerprint density at radius 3 is 2.54 bits per heavy atom. The molecule has 0 aliphatic carbocycles. The van der Waals surface area contributed by atoms with Crippen LogP contribution < -0.4 is 10.1 Å². The number of carbonyl (C=O) groups excluding carboxylic acids is 2. The second-order valence-corrected chi connectivity index (χ2v) is 5.82. The fourth-order valence-corrected chi connectivity index (χ4v) is 2.55. The number of nitrogens with one attached hydrogen (secondary N) is 1. The molecule has 0 saturated heterocycles. The summed E-state index contributed by atoms with van der Waals surface area (Å²) in [5.74, 6) is -0.363. The largest absolute Gasteiger partial charge is 0.497 e. The number of para-hydroxylation sites is 1. The van der Waals surface area contributed by atoms with Crippen molar-refractivity contribution in [2.24, 2.45) is 0 Å². The lowest BCUT2D eigenvalue weighted by atomic mass is 10.1. The van der Waals surface area contributed by atoms with Crippen LogP contribution in [0.25, 0.3) is 11.0 Å². The van der Waals surface area contributed by atoms with Gasteiger partial charge in [0.25, 0.3) is 5.91 Å². The summed E-state index contributed by atoms with van der Waals surface area (Å²) in [6, 6.07) is 14.2. The average molecular weight is 353 g/mol. The maximum Gasteiger partial charge on any atom is 0.375 e. The van der Waals surface area contributed by atoms with Crippen molar-refractivity contribution in [3.63, 3.8) is 0 Å². The van der Waals surface area contributed by atoms with Crippen LogP contribution in [0.5, 0.6) is 5.75 Å². The van der Waals surface area contributed by atoms with Gasteiger partial charge in [0.05, 0.1) is 7.11 Å². The lowest BCUT2D eigenvalue weighted by Crippen LogP contribution is -2.30.